The molecule has 0 fully saturated rings. The molecule has 0 unspecified atom stereocenters. The normalized spacial score (nSPS) is 10.3. The lowest BCUT2D eigenvalue weighted by Crippen LogP contribution is -1.85. The van der Waals surface area contributed by atoms with Crippen molar-refractivity contribution >= 4 is 11.6 Å². The third-order valence-corrected chi connectivity index (χ3v) is 3.33. The summed E-state index contributed by atoms with van der Waals surface area (Å²) >= 11 is 5.81. The van der Waals surface area contributed by atoms with Crippen molar-refractivity contribution in [1.82, 2.24) is 15.4 Å². The monoisotopic (exact) mass is 298 g/mol. The molecular weight excluding hydrogens is 291 g/mol. The molecule has 0 aliphatic carbocycles. The highest BCUT2D eigenvalue weighted by Gasteiger charge is 2.11. The molecule has 2 aromatic carbocycles. The molecule has 0 bridgehead atoms. The maximum atomic E-state index is 13.2. The SMILES string of the molecule is N#Cc1n[nH]nc1-c1cccc(-c2ccc(F)c(Cl)c2)c1. The Balaban J connectivity index is 2.08. The fraction of sp³-hybridized carbons (Fsp3) is 0. The minimum Gasteiger partial charge on any atom is -0.205 e. The molecule has 0 amide bonds. The van der Waals surface area contributed by atoms with Crippen LogP contribution in [0.4, 0.5) is 4.39 Å². The number of benzene rings is 2. The van der Waals surface area contributed by atoms with Crippen molar-refractivity contribution in [3.63, 3.8) is 0 Å². The first kappa shape index (κ1) is 13.3. The van der Waals surface area contributed by atoms with Crippen LogP contribution >= 0.6 is 11.6 Å². The Hall–Kier alpha value is -2.71. The molecule has 102 valence electrons. The topological polar surface area (TPSA) is 65.4 Å². The summed E-state index contributed by atoms with van der Waals surface area (Å²) in [4.78, 5) is 0. The molecule has 0 aliphatic heterocycles. The third-order valence-electron chi connectivity index (χ3n) is 3.04. The highest BCUT2D eigenvalue weighted by molar-refractivity contribution is 6.31. The largest absolute Gasteiger partial charge is 0.205 e. The molecule has 0 spiro atoms. The Morgan fingerprint density at radius 2 is 1.81 bits per heavy atom. The van der Waals surface area contributed by atoms with Crippen molar-refractivity contribution in [2.45, 2.75) is 0 Å². The highest BCUT2D eigenvalue weighted by atomic mass is 35.5. The minimum absolute atomic E-state index is 0.0667. The Kier molecular flexibility index (Phi) is 3.38. The van der Waals surface area contributed by atoms with E-state index >= 15 is 0 Å². The van der Waals surface area contributed by atoms with E-state index in [1.54, 1.807) is 12.1 Å². The first-order chi connectivity index (χ1) is 10.2. The average Bonchev–Trinajstić information content (AvgIpc) is 2.99. The second-order valence-electron chi connectivity index (χ2n) is 4.34. The number of nitrogens with zero attached hydrogens (tertiary/aromatic N) is 3. The zero-order valence-electron chi connectivity index (χ0n) is 10.6. The molecule has 3 rings (SSSR count). The lowest BCUT2D eigenvalue weighted by Gasteiger charge is -2.05. The predicted octanol–water partition coefficient (Wildman–Crippen LogP) is 3.80. The minimum atomic E-state index is -0.458. The van der Waals surface area contributed by atoms with Crippen LogP contribution in [-0.2, 0) is 0 Å². The Morgan fingerprint density at radius 3 is 2.57 bits per heavy atom. The lowest BCUT2D eigenvalue weighted by molar-refractivity contribution is 0.628. The molecule has 0 aliphatic rings. The Morgan fingerprint density at radius 1 is 1.05 bits per heavy atom. The van der Waals surface area contributed by atoms with Gasteiger partial charge in [0.1, 0.15) is 17.6 Å². The van der Waals surface area contributed by atoms with Crippen LogP contribution in [0.3, 0.4) is 0 Å². The number of aromatic nitrogens is 3. The number of nitriles is 1. The highest BCUT2D eigenvalue weighted by Crippen LogP contribution is 2.28. The number of nitrogens with one attached hydrogen (secondary N) is 1. The van der Waals surface area contributed by atoms with Gasteiger partial charge in [0, 0.05) is 5.56 Å². The Bertz CT molecular complexity index is 851. The summed E-state index contributed by atoms with van der Waals surface area (Å²) in [6.07, 6.45) is 0. The van der Waals surface area contributed by atoms with Gasteiger partial charge in [-0.05, 0) is 29.3 Å². The Labute approximate surface area is 124 Å². The van der Waals surface area contributed by atoms with E-state index in [1.165, 1.54) is 6.07 Å². The van der Waals surface area contributed by atoms with Crippen LogP contribution < -0.4 is 0 Å². The summed E-state index contributed by atoms with van der Waals surface area (Å²) in [5.41, 5.74) is 3.08. The molecule has 3 aromatic rings. The molecule has 21 heavy (non-hydrogen) atoms. The molecule has 0 saturated heterocycles. The smallest absolute Gasteiger partial charge is 0.190 e. The van der Waals surface area contributed by atoms with Crippen LogP contribution in [0, 0.1) is 17.1 Å². The molecule has 0 atom stereocenters. The van der Waals surface area contributed by atoms with Gasteiger partial charge in [-0.1, -0.05) is 35.9 Å². The van der Waals surface area contributed by atoms with Crippen LogP contribution in [0.15, 0.2) is 42.5 Å². The lowest BCUT2D eigenvalue weighted by atomic mass is 10.0. The van der Waals surface area contributed by atoms with Crippen molar-refractivity contribution in [1.29, 1.82) is 5.26 Å². The van der Waals surface area contributed by atoms with Crippen molar-refractivity contribution in [2.24, 2.45) is 0 Å². The van der Waals surface area contributed by atoms with Crippen LogP contribution in [-0.4, -0.2) is 15.4 Å². The molecule has 6 heteroatoms. The molecule has 0 radical (unpaired) electrons. The second kappa shape index (κ2) is 5.35. The van der Waals surface area contributed by atoms with E-state index in [0.717, 1.165) is 16.7 Å². The maximum absolute atomic E-state index is 13.2. The maximum Gasteiger partial charge on any atom is 0.190 e. The van der Waals surface area contributed by atoms with Crippen LogP contribution in [0.2, 0.25) is 5.02 Å². The van der Waals surface area contributed by atoms with E-state index in [-0.39, 0.29) is 10.7 Å². The molecule has 4 nitrogen and oxygen atoms in total. The van der Waals surface area contributed by atoms with Gasteiger partial charge in [-0.3, -0.25) is 0 Å². The number of rotatable bonds is 2. The second-order valence-corrected chi connectivity index (χ2v) is 4.75. The first-order valence-electron chi connectivity index (χ1n) is 6.06. The van der Waals surface area contributed by atoms with Gasteiger partial charge in [0.25, 0.3) is 0 Å². The van der Waals surface area contributed by atoms with Crippen molar-refractivity contribution in [3.8, 4) is 28.5 Å². The predicted molar refractivity (Wildman–Crippen MR) is 76.9 cm³/mol. The number of hydrogen-bond acceptors (Lipinski definition) is 3. The van der Waals surface area contributed by atoms with Crippen LogP contribution in [0.1, 0.15) is 5.69 Å². The van der Waals surface area contributed by atoms with E-state index in [4.69, 9.17) is 16.9 Å². The third kappa shape index (κ3) is 2.49. The molecular formula is C15H8ClFN4. The summed E-state index contributed by atoms with van der Waals surface area (Å²) in [7, 11) is 0. The van der Waals surface area contributed by atoms with Crippen molar-refractivity contribution < 1.29 is 4.39 Å². The van der Waals surface area contributed by atoms with E-state index in [9.17, 15) is 4.39 Å². The van der Waals surface area contributed by atoms with Gasteiger partial charge >= 0.3 is 0 Å². The van der Waals surface area contributed by atoms with Crippen molar-refractivity contribution in [3.05, 3.63) is 59.0 Å². The molecule has 1 N–H and O–H groups in total. The number of H-pyrrole nitrogens is 1. The van der Waals surface area contributed by atoms with Crippen molar-refractivity contribution in [2.75, 3.05) is 0 Å². The standard InChI is InChI=1S/C15H8ClFN4/c16-12-7-10(4-5-13(12)17)9-2-1-3-11(6-9)15-14(8-18)19-21-20-15/h1-7H,(H,19,20,21). The van der Waals surface area contributed by atoms with Crippen LogP contribution in [0.25, 0.3) is 22.4 Å². The average molecular weight is 299 g/mol. The number of halogens is 2. The molecule has 0 saturated carbocycles. The molecule has 1 heterocycles. The summed E-state index contributed by atoms with van der Waals surface area (Å²) in [5.74, 6) is -0.458. The van der Waals surface area contributed by atoms with E-state index in [1.807, 2.05) is 30.3 Å². The van der Waals surface area contributed by atoms with Gasteiger partial charge in [-0.15, -0.1) is 5.10 Å². The van der Waals surface area contributed by atoms with Gasteiger partial charge < -0.3 is 0 Å². The fourth-order valence-corrected chi connectivity index (χ4v) is 2.21. The summed E-state index contributed by atoms with van der Waals surface area (Å²) in [6, 6.07) is 13.9. The van der Waals surface area contributed by atoms with E-state index in [0.29, 0.717) is 5.69 Å². The zero-order chi connectivity index (χ0) is 14.8. The summed E-state index contributed by atoms with van der Waals surface area (Å²) in [6.45, 7) is 0. The van der Waals surface area contributed by atoms with Gasteiger partial charge in [0.05, 0.1) is 5.02 Å². The van der Waals surface area contributed by atoms with Gasteiger partial charge in [-0.2, -0.15) is 15.6 Å². The summed E-state index contributed by atoms with van der Waals surface area (Å²) < 4.78 is 13.2. The van der Waals surface area contributed by atoms with Gasteiger partial charge in [-0.25, -0.2) is 4.39 Å². The fourth-order valence-electron chi connectivity index (χ4n) is 2.03. The van der Waals surface area contributed by atoms with Gasteiger partial charge in [0.2, 0.25) is 0 Å². The summed E-state index contributed by atoms with van der Waals surface area (Å²) in [5, 5.41) is 19.2. The number of aromatic amines is 1. The van der Waals surface area contributed by atoms with Crippen LogP contribution in [0.5, 0.6) is 0 Å². The quantitative estimate of drug-likeness (QED) is 0.782. The van der Waals surface area contributed by atoms with E-state index < -0.39 is 5.82 Å². The number of hydrogen-bond donors (Lipinski definition) is 1. The van der Waals surface area contributed by atoms with E-state index in [2.05, 4.69) is 15.4 Å². The molecule has 1 aromatic heterocycles. The first-order valence-corrected chi connectivity index (χ1v) is 6.43. The zero-order valence-corrected chi connectivity index (χ0v) is 11.4. The van der Waals surface area contributed by atoms with Gasteiger partial charge in [0.15, 0.2) is 5.69 Å².